The molecule has 0 rings (SSSR count). The second-order valence-electron chi connectivity index (χ2n) is 9.21. The van der Waals surface area contributed by atoms with E-state index >= 15 is 0 Å². The van der Waals surface area contributed by atoms with Crippen molar-refractivity contribution in [2.75, 3.05) is 0 Å². The summed E-state index contributed by atoms with van der Waals surface area (Å²) in [5.74, 6) is -1.25. The van der Waals surface area contributed by atoms with Gasteiger partial charge in [0.05, 0.1) is 24.4 Å². The number of hydrogen-bond donors (Lipinski definition) is 5. The van der Waals surface area contributed by atoms with Crippen molar-refractivity contribution in [1.29, 1.82) is 0 Å². The first-order chi connectivity index (χ1) is 15.7. The van der Waals surface area contributed by atoms with Crippen molar-refractivity contribution in [2.24, 2.45) is 0 Å². The lowest BCUT2D eigenvalue weighted by Gasteiger charge is -2.22. The molecule has 0 aliphatic carbocycles. The SMILES string of the molecule is CCCCCCCC[C@H](O)[C@H](O)CC[C@@H](O)[C@@H](O)CCC[C@H](CCCCC(=O)O)OC(C)=O. The van der Waals surface area contributed by atoms with E-state index in [0.717, 1.165) is 19.3 Å². The van der Waals surface area contributed by atoms with Gasteiger partial charge in [-0.15, -0.1) is 0 Å². The third kappa shape index (κ3) is 18.8. The molecule has 0 bridgehead atoms. The van der Waals surface area contributed by atoms with Crippen molar-refractivity contribution in [1.82, 2.24) is 0 Å². The van der Waals surface area contributed by atoms with Crippen LogP contribution in [0.25, 0.3) is 0 Å². The van der Waals surface area contributed by atoms with Crippen molar-refractivity contribution in [3.8, 4) is 0 Å². The fourth-order valence-electron chi connectivity index (χ4n) is 3.94. The van der Waals surface area contributed by atoms with Gasteiger partial charge >= 0.3 is 11.9 Å². The molecule has 0 radical (unpaired) electrons. The number of aliphatic hydroxyl groups excluding tert-OH is 4. The zero-order valence-electron chi connectivity index (χ0n) is 20.7. The highest BCUT2D eigenvalue weighted by Crippen LogP contribution is 2.18. The van der Waals surface area contributed by atoms with Crippen LogP contribution in [0, 0.1) is 0 Å². The number of carbonyl (C=O) groups is 2. The predicted molar refractivity (Wildman–Crippen MR) is 127 cm³/mol. The number of rotatable bonds is 22. The first-order valence-electron chi connectivity index (χ1n) is 12.8. The van der Waals surface area contributed by atoms with Crippen LogP contribution in [0.2, 0.25) is 0 Å². The molecule has 0 aromatic heterocycles. The topological polar surface area (TPSA) is 145 Å². The van der Waals surface area contributed by atoms with Gasteiger partial charge in [0.15, 0.2) is 0 Å². The second kappa shape index (κ2) is 20.2. The van der Waals surface area contributed by atoms with Gasteiger partial charge in [0.25, 0.3) is 0 Å². The number of aliphatic carboxylic acids is 1. The number of unbranched alkanes of at least 4 members (excludes halogenated alkanes) is 6. The molecule has 0 aliphatic rings. The van der Waals surface area contributed by atoms with Crippen LogP contribution < -0.4 is 0 Å². The summed E-state index contributed by atoms with van der Waals surface area (Å²) in [5.41, 5.74) is 0. The summed E-state index contributed by atoms with van der Waals surface area (Å²) in [5, 5.41) is 49.3. The quantitative estimate of drug-likeness (QED) is 0.117. The zero-order valence-corrected chi connectivity index (χ0v) is 20.7. The Balaban J connectivity index is 4.10. The first-order valence-corrected chi connectivity index (χ1v) is 12.8. The molecular weight excluding hydrogens is 428 g/mol. The lowest BCUT2D eigenvalue weighted by atomic mass is 9.96. The Morgan fingerprint density at radius 3 is 1.64 bits per heavy atom. The maximum absolute atomic E-state index is 11.3. The summed E-state index contributed by atoms with van der Waals surface area (Å²) >= 11 is 0. The molecule has 8 nitrogen and oxygen atoms in total. The highest BCUT2D eigenvalue weighted by Gasteiger charge is 2.22. The van der Waals surface area contributed by atoms with Crippen molar-refractivity contribution in [3.05, 3.63) is 0 Å². The van der Waals surface area contributed by atoms with E-state index in [-0.39, 0.29) is 25.4 Å². The maximum Gasteiger partial charge on any atom is 0.303 e. The van der Waals surface area contributed by atoms with E-state index in [4.69, 9.17) is 9.84 Å². The Morgan fingerprint density at radius 2 is 1.09 bits per heavy atom. The lowest BCUT2D eigenvalue weighted by molar-refractivity contribution is -0.147. The monoisotopic (exact) mass is 476 g/mol. The van der Waals surface area contributed by atoms with Gasteiger partial charge in [0.1, 0.15) is 6.10 Å². The molecule has 0 saturated heterocycles. The summed E-state index contributed by atoms with van der Waals surface area (Å²) in [6, 6.07) is 0. The third-order valence-electron chi connectivity index (χ3n) is 6.03. The summed E-state index contributed by atoms with van der Waals surface area (Å²) in [6.07, 6.45) is 6.77. The molecule has 8 heteroatoms. The van der Waals surface area contributed by atoms with Crippen LogP contribution in [-0.4, -0.2) is 68.0 Å². The number of carboxylic acid groups (broad SMARTS) is 1. The molecule has 33 heavy (non-hydrogen) atoms. The normalized spacial score (nSPS) is 16.1. The average Bonchev–Trinajstić information content (AvgIpc) is 2.76. The summed E-state index contributed by atoms with van der Waals surface area (Å²) in [4.78, 5) is 21.9. The molecule has 0 aromatic carbocycles. The predicted octanol–water partition coefficient (Wildman–Crippen LogP) is 3.71. The Hall–Kier alpha value is -1.22. The first kappa shape index (κ1) is 31.8. The van der Waals surface area contributed by atoms with E-state index in [2.05, 4.69) is 6.92 Å². The Labute approximate surface area is 199 Å². The van der Waals surface area contributed by atoms with Crippen molar-refractivity contribution in [2.45, 2.75) is 147 Å². The zero-order chi connectivity index (χ0) is 25.1. The highest BCUT2D eigenvalue weighted by molar-refractivity contribution is 5.66. The Morgan fingerprint density at radius 1 is 0.636 bits per heavy atom. The standard InChI is InChI=1S/C25H48O8/c1-3-4-5-6-7-8-14-21(27)23(29)17-18-24(30)22(28)15-11-13-20(33-19(2)26)12-9-10-16-25(31)32/h20-24,27-30H,3-18H2,1-2H3,(H,31,32)/t20-,21-,22-,23+,24+/m0/s1. The molecule has 5 N–H and O–H groups in total. The van der Waals surface area contributed by atoms with E-state index in [9.17, 15) is 30.0 Å². The number of esters is 1. The van der Waals surface area contributed by atoms with Gasteiger partial charge < -0.3 is 30.3 Å². The average molecular weight is 477 g/mol. The molecular formula is C25H48O8. The van der Waals surface area contributed by atoms with Crippen LogP contribution in [-0.2, 0) is 14.3 Å². The highest BCUT2D eigenvalue weighted by atomic mass is 16.5. The van der Waals surface area contributed by atoms with E-state index in [1.165, 1.54) is 26.2 Å². The van der Waals surface area contributed by atoms with E-state index in [1.807, 2.05) is 0 Å². The number of carboxylic acids is 1. The van der Waals surface area contributed by atoms with E-state index < -0.39 is 36.4 Å². The number of carbonyl (C=O) groups excluding carboxylic acids is 1. The van der Waals surface area contributed by atoms with Crippen LogP contribution in [0.5, 0.6) is 0 Å². The second-order valence-corrected chi connectivity index (χ2v) is 9.21. The largest absolute Gasteiger partial charge is 0.481 e. The summed E-state index contributed by atoms with van der Waals surface area (Å²) in [7, 11) is 0. The summed E-state index contributed by atoms with van der Waals surface area (Å²) in [6.45, 7) is 3.49. The third-order valence-corrected chi connectivity index (χ3v) is 6.03. The minimum absolute atomic E-state index is 0.0806. The smallest absolute Gasteiger partial charge is 0.303 e. The fourth-order valence-corrected chi connectivity index (χ4v) is 3.94. The lowest BCUT2D eigenvalue weighted by Crippen LogP contribution is -2.31. The molecule has 0 spiro atoms. The van der Waals surface area contributed by atoms with Gasteiger partial charge in [-0.3, -0.25) is 9.59 Å². The van der Waals surface area contributed by atoms with E-state index in [1.54, 1.807) is 0 Å². The van der Waals surface area contributed by atoms with Crippen LogP contribution >= 0.6 is 0 Å². The van der Waals surface area contributed by atoms with Gasteiger partial charge in [-0.1, -0.05) is 45.4 Å². The molecule has 0 aliphatic heterocycles. The van der Waals surface area contributed by atoms with E-state index in [0.29, 0.717) is 44.9 Å². The van der Waals surface area contributed by atoms with Gasteiger partial charge in [-0.2, -0.15) is 0 Å². The minimum atomic E-state index is -0.997. The minimum Gasteiger partial charge on any atom is -0.481 e. The molecule has 0 saturated carbocycles. The van der Waals surface area contributed by atoms with Crippen molar-refractivity contribution >= 4 is 11.9 Å². The number of aliphatic hydroxyl groups is 4. The molecule has 0 aromatic rings. The molecule has 0 fully saturated rings. The molecule has 196 valence electrons. The van der Waals surface area contributed by atoms with Gasteiger partial charge in [-0.25, -0.2) is 0 Å². The van der Waals surface area contributed by atoms with Crippen molar-refractivity contribution < 1.29 is 39.9 Å². The summed E-state index contributed by atoms with van der Waals surface area (Å²) < 4.78 is 5.27. The molecule has 0 heterocycles. The van der Waals surface area contributed by atoms with Crippen LogP contribution in [0.4, 0.5) is 0 Å². The molecule has 0 unspecified atom stereocenters. The number of ether oxygens (including phenoxy) is 1. The van der Waals surface area contributed by atoms with Crippen LogP contribution in [0.15, 0.2) is 0 Å². The van der Waals surface area contributed by atoms with Gasteiger partial charge in [0.2, 0.25) is 0 Å². The Bertz CT molecular complexity index is 499. The van der Waals surface area contributed by atoms with Crippen molar-refractivity contribution in [3.63, 3.8) is 0 Å². The fraction of sp³-hybridized carbons (Fsp3) is 0.920. The number of hydrogen-bond acceptors (Lipinski definition) is 7. The van der Waals surface area contributed by atoms with Gasteiger partial charge in [0, 0.05) is 13.3 Å². The van der Waals surface area contributed by atoms with Crippen LogP contribution in [0.3, 0.4) is 0 Å². The van der Waals surface area contributed by atoms with Crippen LogP contribution in [0.1, 0.15) is 117 Å². The van der Waals surface area contributed by atoms with Gasteiger partial charge in [-0.05, 0) is 57.8 Å². The molecule has 5 atom stereocenters. The Kier molecular flexibility index (Phi) is 19.4. The maximum atomic E-state index is 11.3. The molecule has 0 amide bonds.